The number of carboxylic acid groups (broad SMARTS) is 1. The van der Waals surface area contributed by atoms with Crippen LogP contribution in [-0.2, 0) is 4.74 Å². The lowest BCUT2D eigenvalue weighted by Crippen LogP contribution is -2.29. The minimum absolute atomic E-state index is 0.158. The molecule has 1 fully saturated rings. The molecule has 0 bridgehead atoms. The summed E-state index contributed by atoms with van der Waals surface area (Å²) in [5.41, 5.74) is 0.158. The van der Waals surface area contributed by atoms with Gasteiger partial charge in [0.15, 0.2) is 0 Å². The maximum atomic E-state index is 10.7. The molecule has 0 aromatic heterocycles. The molecule has 86 valence electrons. The molecule has 0 amide bonds. The summed E-state index contributed by atoms with van der Waals surface area (Å²) in [4.78, 5) is 10.7. The van der Waals surface area contributed by atoms with Gasteiger partial charge in [-0.1, -0.05) is 6.07 Å². The summed E-state index contributed by atoms with van der Waals surface area (Å²) >= 11 is 0. The maximum absolute atomic E-state index is 10.7. The highest BCUT2D eigenvalue weighted by molar-refractivity contribution is 5.87. The fraction of sp³-hybridized carbons (Fsp3) is 0.364. The molecule has 5 heteroatoms. The van der Waals surface area contributed by atoms with Crippen LogP contribution in [-0.4, -0.2) is 41.6 Å². The summed E-state index contributed by atoms with van der Waals surface area (Å²) in [5, 5.41) is 18.3. The Morgan fingerprint density at radius 2 is 2.25 bits per heavy atom. The van der Waals surface area contributed by atoms with Crippen molar-refractivity contribution in [1.29, 1.82) is 0 Å². The second-order valence-corrected chi connectivity index (χ2v) is 3.59. The molecule has 1 saturated heterocycles. The number of aliphatic hydroxyl groups is 1. The first-order valence-electron chi connectivity index (χ1n) is 4.92. The first-order chi connectivity index (χ1) is 7.66. The summed E-state index contributed by atoms with van der Waals surface area (Å²) < 4.78 is 10.5. The average molecular weight is 224 g/mol. The van der Waals surface area contributed by atoms with Crippen LogP contribution in [0.15, 0.2) is 24.3 Å². The fourth-order valence-corrected chi connectivity index (χ4v) is 1.51. The molecule has 2 N–H and O–H groups in total. The largest absolute Gasteiger partial charge is 0.485 e. The lowest BCUT2D eigenvalue weighted by atomic mass is 10.2. The Labute approximate surface area is 92.2 Å². The summed E-state index contributed by atoms with van der Waals surface area (Å²) in [5.74, 6) is -0.580. The van der Waals surface area contributed by atoms with E-state index in [-0.39, 0.29) is 12.2 Å². The number of hydrogen-bond donors (Lipinski definition) is 2. The number of aromatic carboxylic acids is 1. The highest BCUT2D eigenvalue weighted by Crippen LogP contribution is 2.18. The normalized spacial score (nSPS) is 24.3. The number of hydrogen-bond acceptors (Lipinski definition) is 4. The zero-order chi connectivity index (χ0) is 11.5. The zero-order valence-corrected chi connectivity index (χ0v) is 8.50. The van der Waals surface area contributed by atoms with Gasteiger partial charge in [0.1, 0.15) is 18.0 Å². The van der Waals surface area contributed by atoms with Gasteiger partial charge >= 0.3 is 5.97 Å². The van der Waals surface area contributed by atoms with Gasteiger partial charge in [-0.05, 0) is 18.2 Å². The summed E-state index contributed by atoms with van der Waals surface area (Å²) in [6.07, 6.45) is -1.09. The van der Waals surface area contributed by atoms with E-state index in [0.717, 1.165) is 0 Å². The monoisotopic (exact) mass is 224 g/mol. The van der Waals surface area contributed by atoms with Crippen molar-refractivity contribution < 1.29 is 24.5 Å². The third-order valence-corrected chi connectivity index (χ3v) is 2.37. The van der Waals surface area contributed by atoms with E-state index in [1.807, 2.05) is 0 Å². The number of rotatable bonds is 3. The molecule has 0 radical (unpaired) electrons. The van der Waals surface area contributed by atoms with Crippen LogP contribution >= 0.6 is 0 Å². The van der Waals surface area contributed by atoms with Crippen molar-refractivity contribution in [2.45, 2.75) is 12.2 Å². The van der Waals surface area contributed by atoms with E-state index in [9.17, 15) is 9.90 Å². The lowest BCUT2D eigenvalue weighted by Gasteiger charge is -2.15. The van der Waals surface area contributed by atoms with E-state index in [1.165, 1.54) is 12.1 Å². The van der Waals surface area contributed by atoms with Crippen LogP contribution < -0.4 is 4.74 Å². The quantitative estimate of drug-likeness (QED) is 0.783. The molecule has 1 aromatic rings. The Morgan fingerprint density at radius 1 is 1.44 bits per heavy atom. The van der Waals surface area contributed by atoms with E-state index >= 15 is 0 Å². The standard InChI is InChI=1S/C11H12O5/c12-9-5-15-6-10(9)16-8-3-1-2-7(4-8)11(13)14/h1-4,9-10,12H,5-6H2,(H,13,14). The van der Waals surface area contributed by atoms with Crippen LogP contribution in [0.3, 0.4) is 0 Å². The van der Waals surface area contributed by atoms with Crippen molar-refractivity contribution in [1.82, 2.24) is 0 Å². The van der Waals surface area contributed by atoms with E-state index in [1.54, 1.807) is 12.1 Å². The van der Waals surface area contributed by atoms with Gasteiger partial charge in [-0.2, -0.15) is 0 Å². The molecule has 1 aliphatic rings. The van der Waals surface area contributed by atoms with Gasteiger partial charge in [-0.15, -0.1) is 0 Å². The molecule has 1 aliphatic heterocycles. The van der Waals surface area contributed by atoms with Crippen molar-refractivity contribution >= 4 is 5.97 Å². The second kappa shape index (κ2) is 4.51. The van der Waals surface area contributed by atoms with Crippen molar-refractivity contribution in [2.24, 2.45) is 0 Å². The average Bonchev–Trinajstić information content (AvgIpc) is 2.65. The number of aliphatic hydroxyl groups excluding tert-OH is 1. The SMILES string of the molecule is O=C(O)c1cccc(OC2COCC2O)c1. The Kier molecular flexibility index (Phi) is 3.07. The number of carboxylic acids is 1. The fourth-order valence-electron chi connectivity index (χ4n) is 1.51. The van der Waals surface area contributed by atoms with Gasteiger partial charge in [-0.25, -0.2) is 4.79 Å². The molecule has 2 rings (SSSR count). The Morgan fingerprint density at radius 3 is 2.88 bits per heavy atom. The van der Waals surface area contributed by atoms with Crippen LogP contribution in [0.1, 0.15) is 10.4 Å². The molecule has 1 aromatic carbocycles. The molecule has 5 nitrogen and oxygen atoms in total. The molecule has 0 saturated carbocycles. The van der Waals surface area contributed by atoms with Crippen molar-refractivity contribution in [3.05, 3.63) is 29.8 Å². The van der Waals surface area contributed by atoms with Crippen LogP contribution in [0.2, 0.25) is 0 Å². The molecule has 16 heavy (non-hydrogen) atoms. The molecule has 1 heterocycles. The Bertz CT molecular complexity index is 390. The van der Waals surface area contributed by atoms with E-state index in [0.29, 0.717) is 12.4 Å². The topological polar surface area (TPSA) is 76.0 Å². The minimum atomic E-state index is -1.01. The Hall–Kier alpha value is -1.59. The first-order valence-corrected chi connectivity index (χ1v) is 4.92. The molecule has 2 unspecified atom stereocenters. The predicted molar refractivity (Wildman–Crippen MR) is 54.6 cm³/mol. The molecular weight excluding hydrogens is 212 g/mol. The predicted octanol–water partition coefficient (Wildman–Crippen LogP) is 0.523. The Balaban J connectivity index is 2.09. The van der Waals surface area contributed by atoms with Crippen molar-refractivity contribution in [3.8, 4) is 5.75 Å². The highest BCUT2D eigenvalue weighted by atomic mass is 16.6. The van der Waals surface area contributed by atoms with Crippen molar-refractivity contribution in [2.75, 3.05) is 13.2 Å². The maximum Gasteiger partial charge on any atom is 0.335 e. The van der Waals surface area contributed by atoms with E-state index in [4.69, 9.17) is 14.6 Å². The summed E-state index contributed by atoms with van der Waals surface area (Å²) in [7, 11) is 0. The van der Waals surface area contributed by atoms with Gasteiger partial charge in [0.2, 0.25) is 0 Å². The second-order valence-electron chi connectivity index (χ2n) is 3.59. The van der Waals surface area contributed by atoms with E-state index in [2.05, 4.69) is 0 Å². The summed E-state index contributed by atoms with van der Waals surface area (Å²) in [6.45, 7) is 0.571. The first kappa shape index (κ1) is 10.9. The van der Waals surface area contributed by atoms with Crippen molar-refractivity contribution in [3.63, 3.8) is 0 Å². The molecular formula is C11H12O5. The van der Waals surface area contributed by atoms with Crippen LogP contribution in [0, 0.1) is 0 Å². The third-order valence-electron chi connectivity index (χ3n) is 2.37. The lowest BCUT2D eigenvalue weighted by molar-refractivity contribution is 0.0688. The minimum Gasteiger partial charge on any atom is -0.485 e. The van der Waals surface area contributed by atoms with Gasteiger partial charge in [0.05, 0.1) is 18.8 Å². The van der Waals surface area contributed by atoms with Crippen LogP contribution in [0.25, 0.3) is 0 Å². The molecule has 0 aliphatic carbocycles. The summed E-state index contributed by atoms with van der Waals surface area (Å²) in [6, 6.07) is 6.16. The molecule has 0 spiro atoms. The van der Waals surface area contributed by atoms with Gasteiger partial charge in [0, 0.05) is 0 Å². The number of carbonyl (C=O) groups is 1. The smallest absolute Gasteiger partial charge is 0.335 e. The van der Waals surface area contributed by atoms with Crippen LogP contribution in [0.5, 0.6) is 5.75 Å². The van der Waals surface area contributed by atoms with Gasteiger partial charge < -0.3 is 19.7 Å². The molecule has 2 atom stereocenters. The van der Waals surface area contributed by atoms with Gasteiger partial charge in [0.25, 0.3) is 0 Å². The van der Waals surface area contributed by atoms with Gasteiger partial charge in [-0.3, -0.25) is 0 Å². The highest BCUT2D eigenvalue weighted by Gasteiger charge is 2.28. The number of ether oxygens (including phenoxy) is 2. The number of benzene rings is 1. The van der Waals surface area contributed by atoms with E-state index < -0.39 is 18.2 Å². The van der Waals surface area contributed by atoms with Crippen LogP contribution in [0.4, 0.5) is 0 Å². The third kappa shape index (κ3) is 2.32. The zero-order valence-electron chi connectivity index (χ0n) is 8.50.